The minimum atomic E-state index is -0.778. The van der Waals surface area contributed by atoms with E-state index in [-0.39, 0.29) is 30.6 Å². The molecule has 4 aromatic heterocycles. The molecule has 0 aliphatic carbocycles. The van der Waals surface area contributed by atoms with E-state index in [0.717, 1.165) is 56.7 Å². The summed E-state index contributed by atoms with van der Waals surface area (Å²) in [4.78, 5) is 24.6. The van der Waals surface area contributed by atoms with Crippen LogP contribution in [0.25, 0.3) is 54.6 Å². The molecule has 6 aromatic rings. The standard InChI is InChI=1S/C37H35F2N5O4S/c1-4-5-11-48-37(45)44-10-8-29-25(21-44)16-24(19-40-29)34-32(33-28(39)17-26(38)18-31(33)47-13-12-46-3)27-9-14-49-36(27)35(42-34)22-6-7-30-23(15-22)20-41-43(30)2/h6-7,9,14-20H,4-5,8,10-13,21H2,1-3H3. The van der Waals surface area contributed by atoms with Gasteiger partial charge in [-0.25, -0.2) is 18.6 Å². The third-order valence-corrected chi connectivity index (χ3v) is 9.66. The highest BCUT2D eigenvalue weighted by Gasteiger charge is 2.28. The molecule has 1 aliphatic heterocycles. The van der Waals surface area contributed by atoms with Crippen molar-refractivity contribution in [2.75, 3.05) is 33.5 Å². The first-order valence-electron chi connectivity index (χ1n) is 16.2. The summed E-state index contributed by atoms with van der Waals surface area (Å²) in [6, 6.07) is 12.0. The number of halogens is 2. The number of carbonyl (C=O) groups is 1. The van der Waals surface area contributed by atoms with Crippen LogP contribution in [0.4, 0.5) is 13.6 Å². The molecule has 0 fully saturated rings. The van der Waals surface area contributed by atoms with E-state index in [1.807, 2.05) is 60.6 Å². The summed E-state index contributed by atoms with van der Waals surface area (Å²) < 4.78 is 50.0. The Morgan fingerprint density at radius 1 is 1.00 bits per heavy atom. The molecule has 252 valence electrons. The van der Waals surface area contributed by atoms with Crippen LogP contribution >= 0.6 is 11.3 Å². The van der Waals surface area contributed by atoms with Gasteiger partial charge in [0.2, 0.25) is 0 Å². The van der Waals surface area contributed by atoms with Crippen LogP contribution in [0.1, 0.15) is 31.0 Å². The molecule has 0 saturated heterocycles. The fourth-order valence-corrected chi connectivity index (χ4v) is 7.16. The van der Waals surface area contributed by atoms with Crippen LogP contribution in [0.3, 0.4) is 0 Å². The van der Waals surface area contributed by atoms with Gasteiger partial charge in [-0.3, -0.25) is 9.67 Å². The maximum atomic E-state index is 16.1. The van der Waals surface area contributed by atoms with E-state index in [0.29, 0.717) is 48.6 Å². The summed E-state index contributed by atoms with van der Waals surface area (Å²) in [6.45, 7) is 3.56. The van der Waals surface area contributed by atoms with E-state index in [4.69, 9.17) is 24.2 Å². The maximum Gasteiger partial charge on any atom is 0.410 e. The van der Waals surface area contributed by atoms with Crippen LogP contribution in [0.2, 0.25) is 0 Å². The van der Waals surface area contributed by atoms with Crippen molar-refractivity contribution in [3.63, 3.8) is 0 Å². The van der Waals surface area contributed by atoms with Gasteiger partial charge in [-0.05, 0) is 41.6 Å². The molecule has 0 radical (unpaired) electrons. The Bertz CT molecular complexity index is 2180. The zero-order chi connectivity index (χ0) is 34.1. The number of methoxy groups -OCH3 is 1. The van der Waals surface area contributed by atoms with Crippen molar-refractivity contribution in [1.82, 2.24) is 24.6 Å². The highest BCUT2D eigenvalue weighted by atomic mass is 32.1. The number of rotatable bonds is 10. The first-order chi connectivity index (χ1) is 23.9. The lowest BCUT2D eigenvalue weighted by atomic mass is 9.92. The fraction of sp³-hybridized carbons (Fsp3) is 0.297. The quantitative estimate of drug-likeness (QED) is 0.135. The van der Waals surface area contributed by atoms with Gasteiger partial charge in [-0.1, -0.05) is 19.4 Å². The van der Waals surface area contributed by atoms with Crippen LogP contribution in [0.5, 0.6) is 5.75 Å². The Morgan fingerprint density at radius 3 is 2.71 bits per heavy atom. The summed E-state index contributed by atoms with van der Waals surface area (Å²) in [7, 11) is 3.42. The van der Waals surface area contributed by atoms with Crippen molar-refractivity contribution in [1.29, 1.82) is 0 Å². The molecule has 0 saturated carbocycles. The Morgan fingerprint density at radius 2 is 1.88 bits per heavy atom. The lowest BCUT2D eigenvalue weighted by Gasteiger charge is -2.28. The minimum Gasteiger partial charge on any atom is -0.490 e. The van der Waals surface area contributed by atoms with Gasteiger partial charge in [-0.15, -0.1) is 11.3 Å². The molecule has 0 unspecified atom stereocenters. The molecule has 0 atom stereocenters. The number of carbonyl (C=O) groups excluding carboxylic acids is 1. The number of ether oxygens (including phenoxy) is 3. The van der Waals surface area contributed by atoms with Gasteiger partial charge in [0.25, 0.3) is 0 Å². The molecule has 7 rings (SSSR count). The Balaban J connectivity index is 1.43. The summed E-state index contributed by atoms with van der Waals surface area (Å²) >= 11 is 1.49. The van der Waals surface area contributed by atoms with E-state index >= 15 is 4.39 Å². The molecule has 0 bridgehead atoms. The average molecular weight is 684 g/mol. The van der Waals surface area contributed by atoms with Gasteiger partial charge in [0.15, 0.2) is 0 Å². The smallest absolute Gasteiger partial charge is 0.410 e. The number of pyridine rings is 2. The molecular weight excluding hydrogens is 649 g/mol. The minimum absolute atomic E-state index is 0.0431. The number of nitrogens with zero attached hydrogens (tertiary/aromatic N) is 5. The Hall–Kier alpha value is -4.94. The van der Waals surface area contributed by atoms with Gasteiger partial charge < -0.3 is 19.1 Å². The van der Waals surface area contributed by atoms with Crippen LogP contribution < -0.4 is 4.74 Å². The molecule has 12 heteroatoms. The van der Waals surface area contributed by atoms with Crippen molar-refractivity contribution >= 4 is 38.4 Å². The molecule has 49 heavy (non-hydrogen) atoms. The number of fused-ring (bicyclic) bond motifs is 3. The number of unbranched alkanes of at least 4 members (excludes halogenated alkanes) is 1. The number of hydrogen-bond acceptors (Lipinski definition) is 8. The third-order valence-electron chi connectivity index (χ3n) is 8.74. The summed E-state index contributed by atoms with van der Waals surface area (Å²) in [5, 5.41) is 8.02. The van der Waals surface area contributed by atoms with E-state index in [1.165, 1.54) is 24.5 Å². The molecule has 9 nitrogen and oxygen atoms in total. The molecular formula is C37H35F2N5O4S. The topological polar surface area (TPSA) is 91.6 Å². The zero-order valence-corrected chi connectivity index (χ0v) is 28.3. The molecule has 1 aliphatic rings. The second kappa shape index (κ2) is 13.9. The monoisotopic (exact) mass is 683 g/mol. The van der Waals surface area contributed by atoms with Crippen LogP contribution in [-0.4, -0.2) is 64.2 Å². The average Bonchev–Trinajstić information content (AvgIpc) is 3.74. The van der Waals surface area contributed by atoms with Crippen LogP contribution in [0.15, 0.2) is 60.2 Å². The van der Waals surface area contributed by atoms with Crippen molar-refractivity contribution in [3.8, 4) is 39.4 Å². The van der Waals surface area contributed by atoms with Crippen molar-refractivity contribution in [2.45, 2.75) is 32.7 Å². The highest BCUT2D eigenvalue weighted by Crippen LogP contribution is 2.47. The van der Waals surface area contributed by atoms with Gasteiger partial charge in [0.05, 0.1) is 53.1 Å². The highest BCUT2D eigenvalue weighted by molar-refractivity contribution is 7.17. The zero-order valence-electron chi connectivity index (χ0n) is 27.5. The van der Waals surface area contributed by atoms with Crippen molar-refractivity contribution in [3.05, 3.63) is 83.1 Å². The Kier molecular flexibility index (Phi) is 9.24. The van der Waals surface area contributed by atoms with E-state index in [9.17, 15) is 9.18 Å². The van der Waals surface area contributed by atoms with Gasteiger partial charge in [0.1, 0.15) is 24.0 Å². The predicted molar refractivity (Wildman–Crippen MR) is 186 cm³/mol. The normalized spacial score (nSPS) is 12.9. The first-order valence-corrected chi connectivity index (χ1v) is 17.1. The van der Waals surface area contributed by atoms with E-state index in [1.54, 1.807) is 11.1 Å². The van der Waals surface area contributed by atoms with Crippen LogP contribution in [0, 0.1) is 11.6 Å². The molecule has 5 heterocycles. The summed E-state index contributed by atoms with van der Waals surface area (Å²) in [6.07, 6.45) is 5.49. The molecule has 1 amide bonds. The van der Waals surface area contributed by atoms with Gasteiger partial charge in [0, 0.05) is 78.6 Å². The lowest BCUT2D eigenvalue weighted by molar-refractivity contribution is 0.0963. The van der Waals surface area contributed by atoms with Gasteiger partial charge in [-0.2, -0.15) is 5.10 Å². The van der Waals surface area contributed by atoms with E-state index < -0.39 is 11.6 Å². The van der Waals surface area contributed by atoms with Crippen molar-refractivity contribution < 1.29 is 27.8 Å². The number of thiophene rings is 1. The van der Waals surface area contributed by atoms with E-state index in [2.05, 4.69) is 5.10 Å². The lowest BCUT2D eigenvalue weighted by Crippen LogP contribution is -2.36. The SMILES string of the molecule is CCCCOC(=O)N1CCc2ncc(-c3nc(-c4ccc5c(cnn5C)c4)c4sccc4c3-c3c(F)cc(F)cc3OCCOC)cc2C1. The summed E-state index contributed by atoms with van der Waals surface area (Å²) in [5.41, 5.74) is 5.90. The Labute approximate surface area is 286 Å². The number of aryl methyl sites for hydroxylation is 1. The molecule has 0 spiro atoms. The third kappa shape index (κ3) is 6.33. The largest absolute Gasteiger partial charge is 0.490 e. The van der Waals surface area contributed by atoms with Crippen LogP contribution in [-0.2, 0) is 29.5 Å². The predicted octanol–water partition coefficient (Wildman–Crippen LogP) is 8.18. The fourth-order valence-electron chi connectivity index (χ4n) is 6.25. The molecule has 2 aromatic carbocycles. The molecule has 0 N–H and O–H groups in total. The van der Waals surface area contributed by atoms with Crippen molar-refractivity contribution in [2.24, 2.45) is 7.05 Å². The second-order valence-electron chi connectivity index (χ2n) is 12.0. The first kappa shape index (κ1) is 32.6. The summed E-state index contributed by atoms with van der Waals surface area (Å²) in [5.74, 6) is -1.49. The maximum absolute atomic E-state index is 16.1. The number of hydrogen-bond donors (Lipinski definition) is 0. The number of aromatic nitrogens is 4. The van der Waals surface area contributed by atoms with Gasteiger partial charge >= 0.3 is 6.09 Å². The second-order valence-corrected chi connectivity index (χ2v) is 12.9. The number of benzene rings is 2. The number of amides is 1.